The van der Waals surface area contributed by atoms with Gasteiger partial charge >= 0.3 is 12.0 Å². The summed E-state index contributed by atoms with van der Waals surface area (Å²) in [5.74, 6) is -0.142. The number of piperidine rings is 1. The maximum absolute atomic E-state index is 12.2. The highest BCUT2D eigenvalue weighted by Gasteiger charge is 2.33. The average molecular weight is 324 g/mol. The van der Waals surface area contributed by atoms with Crippen LogP contribution < -0.4 is 5.32 Å². The molecule has 2 rings (SSSR count). The number of carbonyl (C=O) groups excluding carboxylic acids is 2. The topological polar surface area (TPSA) is 58.6 Å². The van der Waals surface area contributed by atoms with Gasteiger partial charge in [0, 0.05) is 22.8 Å². The number of hydrogen-bond acceptors (Lipinski definition) is 4. The van der Waals surface area contributed by atoms with Crippen LogP contribution in [0.4, 0.5) is 4.79 Å². The second-order valence-corrected chi connectivity index (χ2v) is 6.97. The second-order valence-electron chi connectivity index (χ2n) is 5.72. The van der Waals surface area contributed by atoms with Crippen molar-refractivity contribution in [2.45, 2.75) is 33.2 Å². The predicted molar refractivity (Wildman–Crippen MR) is 86.8 cm³/mol. The van der Waals surface area contributed by atoms with Crippen LogP contribution in [-0.2, 0) is 22.5 Å². The molecule has 0 radical (unpaired) electrons. The van der Waals surface area contributed by atoms with Crippen molar-refractivity contribution < 1.29 is 14.3 Å². The molecule has 1 aliphatic heterocycles. The highest BCUT2D eigenvalue weighted by Crippen LogP contribution is 2.24. The summed E-state index contributed by atoms with van der Waals surface area (Å²) in [5, 5.41) is 2.97. The van der Waals surface area contributed by atoms with Crippen LogP contribution in [0, 0.1) is 11.8 Å². The number of esters is 1. The van der Waals surface area contributed by atoms with Gasteiger partial charge in [0.1, 0.15) is 0 Å². The fraction of sp³-hybridized carbons (Fsp3) is 0.625. The molecule has 0 saturated carbocycles. The van der Waals surface area contributed by atoms with Crippen molar-refractivity contribution in [2.75, 3.05) is 20.2 Å². The molecule has 5 nitrogen and oxygen atoms in total. The van der Waals surface area contributed by atoms with Gasteiger partial charge in [-0.3, -0.25) is 4.79 Å². The highest BCUT2D eigenvalue weighted by atomic mass is 32.1. The third kappa shape index (κ3) is 4.00. The number of likely N-dealkylation sites (tertiary alicyclic amines) is 1. The van der Waals surface area contributed by atoms with Gasteiger partial charge in [0.2, 0.25) is 0 Å². The lowest BCUT2D eigenvalue weighted by Gasteiger charge is -2.35. The van der Waals surface area contributed by atoms with Crippen LogP contribution in [-0.4, -0.2) is 37.1 Å². The van der Waals surface area contributed by atoms with Crippen molar-refractivity contribution >= 4 is 23.3 Å². The average Bonchev–Trinajstić information content (AvgIpc) is 2.99. The van der Waals surface area contributed by atoms with E-state index < -0.39 is 0 Å². The van der Waals surface area contributed by atoms with Gasteiger partial charge in [-0.05, 0) is 30.9 Å². The van der Waals surface area contributed by atoms with Crippen LogP contribution in [0.15, 0.2) is 12.1 Å². The Hall–Kier alpha value is -1.56. The molecule has 122 valence electrons. The molecule has 0 spiro atoms. The molecular weight excluding hydrogens is 300 g/mol. The molecule has 0 aliphatic carbocycles. The van der Waals surface area contributed by atoms with E-state index in [1.165, 1.54) is 16.9 Å². The molecule has 2 heterocycles. The van der Waals surface area contributed by atoms with Gasteiger partial charge in [-0.1, -0.05) is 13.8 Å². The summed E-state index contributed by atoms with van der Waals surface area (Å²) in [6.07, 6.45) is 1.69. The van der Waals surface area contributed by atoms with Gasteiger partial charge in [0.15, 0.2) is 0 Å². The van der Waals surface area contributed by atoms with Gasteiger partial charge in [-0.2, -0.15) is 0 Å². The quantitative estimate of drug-likeness (QED) is 0.866. The lowest BCUT2D eigenvalue weighted by Crippen LogP contribution is -2.48. The number of rotatable bonds is 4. The number of aryl methyl sites for hydroxylation is 1. The summed E-state index contributed by atoms with van der Waals surface area (Å²) in [6, 6.07) is 4.12. The molecule has 1 N–H and O–H groups in total. The smallest absolute Gasteiger partial charge is 0.317 e. The minimum absolute atomic E-state index is 0.0541. The summed E-state index contributed by atoms with van der Waals surface area (Å²) in [6.45, 7) is 5.88. The first kappa shape index (κ1) is 16.8. The molecule has 1 aromatic heterocycles. The zero-order chi connectivity index (χ0) is 16.1. The van der Waals surface area contributed by atoms with E-state index in [-0.39, 0.29) is 23.8 Å². The van der Waals surface area contributed by atoms with E-state index in [1.54, 1.807) is 16.2 Å². The van der Waals surface area contributed by atoms with E-state index >= 15 is 0 Å². The van der Waals surface area contributed by atoms with E-state index in [4.69, 9.17) is 4.74 Å². The Bertz CT molecular complexity index is 529. The number of ether oxygens (including phenoxy) is 1. The monoisotopic (exact) mass is 324 g/mol. The van der Waals surface area contributed by atoms with Crippen molar-refractivity contribution in [3.63, 3.8) is 0 Å². The fourth-order valence-corrected chi connectivity index (χ4v) is 3.71. The second kappa shape index (κ2) is 7.63. The van der Waals surface area contributed by atoms with E-state index in [0.29, 0.717) is 26.1 Å². The normalized spacial score (nSPS) is 21.5. The SMILES string of the molecule is CCc1ccc(CNC(=O)N2CC[C@@H](C(=O)OC)[C@H](C)C2)s1. The van der Waals surface area contributed by atoms with Gasteiger partial charge in [0.05, 0.1) is 19.6 Å². The molecule has 0 bridgehead atoms. The van der Waals surface area contributed by atoms with Crippen LogP contribution in [0.2, 0.25) is 0 Å². The van der Waals surface area contributed by atoms with E-state index in [9.17, 15) is 9.59 Å². The lowest BCUT2D eigenvalue weighted by atomic mass is 9.87. The third-order valence-corrected chi connectivity index (χ3v) is 5.41. The summed E-state index contributed by atoms with van der Waals surface area (Å²) in [4.78, 5) is 28.2. The lowest BCUT2D eigenvalue weighted by molar-refractivity contribution is -0.148. The Morgan fingerprint density at radius 3 is 2.73 bits per heavy atom. The van der Waals surface area contributed by atoms with Gasteiger partial charge in [0.25, 0.3) is 0 Å². The van der Waals surface area contributed by atoms with Crippen molar-refractivity contribution in [2.24, 2.45) is 11.8 Å². The van der Waals surface area contributed by atoms with Crippen molar-refractivity contribution in [1.82, 2.24) is 10.2 Å². The van der Waals surface area contributed by atoms with E-state index in [1.807, 2.05) is 6.92 Å². The molecule has 1 aromatic rings. The largest absolute Gasteiger partial charge is 0.469 e. The van der Waals surface area contributed by atoms with Gasteiger partial charge in [-0.15, -0.1) is 11.3 Å². The molecule has 2 atom stereocenters. The first-order valence-electron chi connectivity index (χ1n) is 7.73. The van der Waals surface area contributed by atoms with Crippen molar-refractivity contribution in [3.05, 3.63) is 21.9 Å². The van der Waals surface area contributed by atoms with E-state index in [0.717, 1.165) is 6.42 Å². The molecule has 1 aliphatic rings. The maximum Gasteiger partial charge on any atom is 0.317 e. The zero-order valence-electron chi connectivity index (χ0n) is 13.4. The number of amides is 2. The van der Waals surface area contributed by atoms with Crippen LogP contribution in [0.5, 0.6) is 0 Å². The number of nitrogens with zero attached hydrogens (tertiary/aromatic N) is 1. The predicted octanol–water partition coefficient (Wildman–Crippen LogP) is 2.65. The summed E-state index contributed by atoms with van der Waals surface area (Å²) >= 11 is 1.73. The Morgan fingerprint density at radius 1 is 1.41 bits per heavy atom. The molecule has 0 aromatic carbocycles. The summed E-state index contributed by atoms with van der Waals surface area (Å²) < 4.78 is 4.82. The molecule has 1 fully saturated rings. The molecule has 6 heteroatoms. The first-order chi connectivity index (χ1) is 10.5. The van der Waals surface area contributed by atoms with Crippen LogP contribution in [0.1, 0.15) is 30.0 Å². The van der Waals surface area contributed by atoms with Crippen LogP contribution >= 0.6 is 11.3 Å². The Kier molecular flexibility index (Phi) is 5.83. The number of methoxy groups -OCH3 is 1. The standard InChI is InChI=1S/C16H24N2O3S/c1-4-12-5-6-13(22-12)9-17-16(20)18-8-7-14(11(2)10-18)15(19)21-3/h5-6,11,14H,4,7-10H2,1-3H3,(H,17,20)/t11-,14-/m1/s1. The molecule has 22 heavy (non-hydrogen) atoms. The maximum atomic E-state index is 12.2. The fourth-order valence-electron chi connectivity index (χ4n) is 2.81. The molecular formula is C16H24N2O3S. The number of thiophene rings is 1. The summed E-state index contributed by atoms with van der Waals surface area (Å²) in [7, 11) is 1.42. The Morgan fingerprint density at radius 2 is 2.14 bits per heavy atom. The van der Waals surface area contributed by atoms with Crippen molar-refractivity contribution in [3.8, 4) is 0 Å². The van der Waals surface area contributed by atoms with Crippen molar-refractivity contribution in [1.29, 1.82) is 0 Å². The molecule has 2 amide bonds. The minimum Gasteiger partial charge on any atom is -0.469 e. The minimum atomic E-state index is -0.168. The number of carbonyl (C=O) groups is 2. The van der Waals surface area contributed by atoms with Gasteiger partial charge < -0.3 is 15.0 Å². The zero-order valence-corrected chi connectivity index (χ0v) is 14.2. The highest BCUT2D eigenvalue weighted by molar-refractivity contribution is 7.11. The number of nitrogens with one attached hydrogen (secondary N) is 1. The van der Waals surface area contributed by atoms with Crippen LogP contribution in [0.3, 0.4) is 0 Å². The molecule has 1 saturated heterocycles. The Balaban J connectivity index is 1.82. The van der Waals surface area contributed by atoms with E-state index in [2.05, 4.69) is 24.4 Å². The number of hydrogen-bond donors (Lipinski definition) is 1. The van der Waals surface area contributed by atoms with Crippen LogP contribution in [0.25, 0.3) is 0 Å². The Labute approximate surface area is 135 Å². The summed E-state index contributed by atoms with van der Waals surface area (Å²) in [5.41, 5.74) is 0. The molecule has 0 unspecified atom stereocenters. The van der Waals surface area contributed by atoms with Gasteiger partial charge in [-0.25, -0.2) is 4.79 Å². The number of urea groups is 1. The first-order valence-corrected chi connectivity index (χ1v) is 8.55. The third-order valence-electron chi connectivity index (χ3n) is 4.18.